The number of aryl methyl sites for hydroxylation is 2. The first-order valence-electron chi connectivity index (χ1n) is 10.1. The van der Waals surface area contributed by atoms with Crippen molar-refractivity contribution >= 4 is 11.6 Å². The minimum atomic E-state index is -0.219. The molecule has 0 fully saturated rings. The van der Waals surface area contributed by atoms with E-state index in [2.05, 4.69) is 15.5 Å². The monoisotopic (exact) mass is 429 g/mol. The number of aromatic nitrogens is 2. The minimum Gasteiger partial charge on any atom is -0.497 e. The number of carbonyl (C=O) groups is 1. The predicted molar refractivity (Wildman–Crippen MR) is 122 cm³/mol. The van der Waals surface area contributed by atoms with E-state index in [1.165, 1.54) is 0 Å². The highest BCUT2D eigenvalue weighted by Crippen LogP contribution is 2.25. The van der Waals surface area contributed by atoms with Gasteiger partial charge in [-0.05, 0) is 79.6 Å². The highest BCUT2D eigenvalue weighted by atomic mass is 16.5. The van der Waals surface area contributed by atoms with Gasteiger partial charge in [-0.1, -0.05) is 17.3 Å². The molecule has 0 saturated carbocycles. The Morgan fingerprint density at radius 2 is 1.62 bits per heavy atom. The van der Waals surface area contributed by atoms with E-state index in [1.54, 1.807) is 19.2 Å². The number of amides is 1. The van der Waals surface area contributed by atoms with Crippen molar-refractivity contribution in [1.82, 2.24) is 10.1 Å². The van der Waals surface area contributed by atoms with E-state index >= 15 is 0 Å². The Morgan fingerprint density at radius 3 is 2.34 bits per heavy atom. The van der Waals surface area contributed by atoms with E-state index in [4.69, 9.17) is 14.0 Å². The molecule has 0 radical (unpaired) electrons. The molecule has 32 heavy (non-hydrogen) atoms. The number of ether oxygens (including phenoxy) is 2. The Balaban J connectivity index is 1.36. The first-order valence-corrected chi connectivity index (χ1v) is 10.1. The normalized spacial score (nSPS) is 10.6. The molecule has 0 aliphatic carbocycles. The number of benzene rings is 3. The van der Waals surface area contributed by atoms with E-state index in [0.717, 1.165) is 33.7 Å². The maximum absolute atomic E-state index is 12.2. The zero-order valence-corrected chi connectivity index (χ0v) is 18.1. The molecule has 0 saturated heterocycles. The van der Waals surface area contributed by atoms with E-state index in [-0.39, 0.29) is 12.5 Å². The van der Waals surface area contributed by atoms with Crippen LogP contribution in [0.25, 0.3) is 22.8 Å². The van der Waals surface area contributed by atoms with Crippen molar-refractivity contribution in [1.29, 1.82) is 0 Å². The second-order valence-corrected chi connectivity index (χ2v) is 7.33. The van der Waals surface area contributed by atoms with Gasteiger partial charge in [0.2, 0.25) is 5.82 Å². The molecule has 4 rings (SSSR count). The largest absolute Gasteiger partial charge is 0.497 e. The van der Waals surface area contributed by atoms with Crippen LogP contribution in [0.3, 0.4) is 0 Å². The lowest BCUT2D eigenvalue weighted by molar-refractivity contribution is -0.118. The smallest absolute Gasteiger partial charge is 0.262 e. The topological polar surface area (TPSA) is 86.5 Å². The molecule has 0 atom stereocenters. The van der Waals surface area contributed by atoms with Gasteiger partial charge in [0.1, 0.15) is 11.5 Å². The summed E-state index contributed by atoms with van der Waals surface area (Å²) in [5, 5.41) is 6.92. The van der Waals surface area contributed by atoms with Crippen molar-refractivity contribution in [2.45, 2.75) is 13.8 Å². The predicted octanol–water partition coefficient (Wildman–Crippen LogP) is 5.05. The third kappa shape index (κ3) is 4.95. The number of nitrogens with zero attached hydrogens (tertiary/aromatic N) is 2. The average molecular weight is 429 g/mol. The lowest BCUT2D eigenvalue weighted by Gasteiger charge is -2.10. The molecule has 1 N–H and O–H groups in total. The van der Waals surface area contributed by atoms with Crippen LogP contribution in [0.4, 0.5) is 5.69 Å². The van der Waals surface area contributed by atoms with Crippen molar-refractivity contribution in [3.05, 3.63) is 77.9 Å². The second kappa shape index (κ2) is 9.34. The number of anilines is 1. The zero-order valence-electron chi connectivity index (χ0n) is 18.1. The Bertz CT molecular complexity index is 1210. The van der Waals surface area contributed by atoms with Gasteiger partial charge in [-0.3, -0.25) is 4.79 Å². The highest BCUT2D eigenvalue weighted by Gasteiger charge is 2.12. The fraction of sp³-hybridized carbons (Fsp3) is 0.160. The minimum absolute atomic E-state index is 0.0884. The summed E-state index contributed by atoms with van der Waals surface area (Å²) < 4.78 is 16.2. The highest BCUT2D eigenvalue weighted by molar-refractivity contribution is 5.92. The van der Waals surface area contributed by atoms with E-state index in [0.29, 0.717) is 17.5 Å². The maximum Gasteiger partial charge on any atom is 0.262 e. The molecule has 0 aliphatic rings. The van der Waals surface area contributed by atoms with Gasteiger partial charge in [0, 0.05) is 16.8 Å². The summed E-state index contributed by atoms with van der Waals surface area (Å²) in [5.41, 5.74) is 4.46. The van der Waals surface area contributed by atoms with Gasteiger partial charge in [0.15, 0.2) is 6.61 Å². The van der Waals surface area contributed by atoms with Crippen LogP contribution < -0.4 is 14.8 Å². The average Bonchev–Trinajstić information content (AvgIpc) is 3.31. The summed E-state index contributed by atoms with van der Waals surface area (Å²) in [6.45, 7) is 3.84. The fourth-order valence-electron chi connectivity index (χ4n) is 3.10. The summed E-state index contributed by atoms with van der Waals surface area (Å²) in [7, 11) is 1.62. The third-order valence-corrected chi connectivity index (χ3v) is 4.91. The van der Waals surface area contributed by atoms with Crippen molar-refractivity contribution in [3.63, 3.8) is 0 Å². The molecule has 0 spiro atoms. The molecule has 162 valence electrons. The number of carbonyl (C=O) groups excluding carboxylic acids is 1. The number of hydrogen-bond acceptors (Lipinski definition) is 6. The number of rotatable bonds is 7. The van der Waals surface area contributed by atoms with Gasteiger partial charge in [-0.25, -0.2) is 0 Å². The van der Waals surface area contributed by atoms with Crippen LogP contribution in [0.2, 0.25) is 0 Å². The maximum atomic E-state index is 12.2. The molecule has 0 aliphatic heterocycles. The number of methoxy groups -OCH3 is 1. The van der Waals surface area contributed by atoms with Crippen molar-refractivity contribution < 1.29 is 18.8 Å². The summed E-state index contributed by atoms with van der Waals surface area (Å²) in [6.07, 6.45) is 0. The van der Waals surface area contributed by atoms with E-state index in [1.807, 2.05) is 68.4 Å². The van der Waals surface area contributed by atoms with Crippen molar-refractivity contribution in [2.75, 3.05) is 19.0 Å². The second-order valence-electron chi connectivity index (χ2n) is 7.33. The quantitative estimate of drug-likeness (QED) is 0.443. The molecule has 0 bridgehead atoms. The van der Waals surface area contributed by atoms with E-state index in [9.17, 15) is 4.79 Å². The third-order valence-electron chi connectivity index (χ3n) is 4.91. The summed E-state index contributed by atoms with van der Waals surface area (Å²) in [4.78, 5) is 16.7. The van der Waals surface area contributed by atoms with Crippen LogP contribution in [0, 0.1) is 13.8 Å². The summed E-state index contributed by atoms with van der Waals surface area (Å²) in [5.74, 6) is 2.00. The van der Waals surface area contributed by atoms with Gasteiger partial charge < -0.3 is 19.3 Å². The standard InChI is InChI=1S/C25H23N3O4/c1-16-4-5-17(2)22(14-16)26-23(29)15-31-21-12-8-19(9-13-21)25-27-24(28-32-25)18-6-10-20(30-3)11-7-18/h4-14H,15H2,1-3H3,(H,26,29). The first kappa shape index (κ1) is 21.1. The van der Waals surface area contributed by atoms with Crippen LogP contribution in [-0.2, 0) is 4.79 Å². The van der Waals surface area contributed by atoms with Crippen LogP contribution in [0.1, 0.15) is 11.1 Å². The van der Waals surface area contributed by atoms with Gasteiger partial charge in [0.05, 0.1) is 7.11 Å². The van der Waals surface area contributed by atoms with E-state index < -0.39 is 0 Å². The SMILES string of the molecule is COc1ccc(-c2noc(-c3ccc(OCC(=O)Nc4cc(C)ccc4C)cc3)n2)cc1. The molecule has 1 heterocycles. The summed E-state index contributed by atoms with van der Waals surface area (Å²) in [6, 6.07) is 20.5. The Hall–Kier alpha value is -4.13. The molecule has 0 unspecified atom stereocenters. The zero-order chi connectivity index (χ0) is 22.5. The van der Waals surface area contributed by atoms with Crippen LogP contribution in [0.15, 0.2) is 71.3 Å². The molecule has 1 aromatic heterocycles. The molecule has 4 aromatic rings. The van der Waals surface area contributed by atoms with Crippen molar-refractivity contribution in [2.24, 2.45) is 0 Å². The molecule has 1 amide bonds. The van der Waals surface area contributed by atoms with Crippen LogP contribution in [-0.4, -0.2) is 29.8 Å². The van der Waals surface area contributed by atoms with Gasteiger partial charge >= 0.3 is 0 Å². The van der Waals surface area contributed by atoms with Gasteiger partial charge in [-0.15, -0.1) is 0 Å². The van der Waals surface area contributed by atoms with Crippen LogP contribution >= 0.6 is 0 Å². The van der Waals surface area contributed by atoms with Crippen LogP contribution in [0.5, 0.6) is 11.5 Å². The number of nitrogens with one attached hydrogen (secondary N) is 1. The molecular formula is C25H23N3O4. The summed E-state index contributed by atoms with van der Waals surface area (Å²) >= 11 is 0. The molecule has 7 heteroatoms. The lowest BCUT2D eigenvalue weighted by Crippen LogP contribution is -2.20. The van der Waals surface area contributed by atoms with Gasteiger partial charge in [0.25, 0.3) is 11.8 Å². The van der Waals surface area contributed by atoms with Crippen molar-refractivity contribution in [3.8, 4) is 34.3 Å². The molecular weight excluding hydrogens is 406 g/mol. The molecule has 7 nitrogen and oxygen atoms in total. The Labute approximate surface area is 186 Å². The molecule has 3 aromatic carbocycles. The Kier molecular flexibility index (Phi) is 6.17. The number of hydrogen-bond donors (Lipinski definition) is 1. The fourth-order valence-corrected chi connectivity index (χ4v) is 3.10. The van der Waals surface area contributed by atoms with Gasteiger partial charge in [-0.2, -0.15) is 4.98 Å². The first-order chi connectivity index (χ1) is 15.5. The lowest BCUT2D eigenvalue weighted by atomic mass is 10.1. The Morgan fingerprint density at radius 1 is 0.938 bits per heavy atom.